The highest BCUT2D eigenvalue weighted by molar-refractivity contribution is 6.31. The zero-order valence-electron chi connectivity index (χ0n) is 30.1. The van der Waals surface area contributed by atoms with Gasteiger partial charge in [-0.15, -0.1) is 0 Å². The van der Waals surface area contributed by atoms with Gasteiger partial charge in [-0.3, -0.25) is 9.59 Å². The molecule has 0 fully saturated rings. The Labute approximate surface area is 288 Å². The number of carbonyl (C=O) groups excluding carboxylic acids is 3. The van der Waals surface area contributed by atoms with Gasteiger partial charge in [0.2, 0.25) is 0 Å². The van der Waals surface area contributed by atoms with Gasteiger partial charge < -0.3 is 36.3 Å². The Morgan fingerprint density at radius 3 is 2.19 bits per heavy atom. The monoisotopic (exact) mass is 656 g/mol. The molecule has 0 aromatic heterocycles. The quantitative estimate of drug-likeness (QED) is 0.120. The summed E-state index contributed by atoms with van der Waals surface area (Å²) in [6.45, 7) is 21.1. The molecule has 5 N–H and O–H groups in total. The fourth-order valence-corrected chi connectivity index (χ4v) is 4.90. The number of carbonyl (C=O) groups is 3. The van der Waals surface area contributed by atoms with E-state index in [1.807, 2.05) is 108 Å². The summed E-state index contributed by atoms with van der Waals surface area (Å²) >= 11 is 0. The first-order valence-corrected chi connectivity index (χ1v) is 16.8. The van der Waals surface area contributed by atoms with E-state index in [1.54, 1.807) is 12.1 Å². The minimum Gasteiger partial charge on any atom is -0.383 e. The molecule has 9 heteroatoms. The first-order valence-electron chi connectivity index (χ1n) is 16.8. The van der Waals surface area contributed by atoms with E-state index in [0.29, 0.717) is 16.8 Å². The van der Waals surface area contributed by atoms with Gasteiger partial charge in [-0.05, 0) is 88.9 Å². The van der Waals surface area contributed by atoms with Crippen LogP contribution in [0.5, 0.6) is 0 Å². The molecule has 1 unspecified atom stereocenters. The number of amides is 2. The normalized spacial score (nSPS) is 13.0. The molecule has 0 saturated heterocycles. The van der Waals surface area contributed by atoms with Gasteiger partial charge in [-0.1, -0.05) is 71.0 Å². The number of fused-ring (bicyclic) bond motifs is 1. The first kappa shape index (κ1) is 41.3. The predicted octanol–water partition coefficient (Wildman–Crippen LogP) is 7.70. The fraction of sp³-hybridized carbons (Fsp3) is 0.359. The van der Waals surface area contributed by atoms with Gasteiger partial charge in [0.05, 0.1) is 5.69 Å². The van der Waals surface area contributed by atoms with E-state index in [9.17, 15) is 9.59 Å². The molecule has 9 nitrogen and oxygen atoms in total. The van der Waals surface area contributed by atoms with Crippen LogP contribution in [-0.4, -0.2) is 62.8 Å². The van der Waals surface area contributed by atoms with E-state index in [0.717, 1.165) is 54.4 Å². The van der Waals surface area contributed by atoms with Crippen LogP contribution in [0.15, 0.2) is 90.6 Å². The lowest BCUT2D eigenvalue weighted by Crippen LogP contribution is -2.30. The summed E-state index contributed by atoms with van der Waals surface area (Å²) in [5, 5.41) is 15.8. The van der Waals surface area contributed by atoms with Gasteiger partial charge >= 0.3 is 0 Å². The molecule has 2 amide bonds. The first-order chi connectivity index (χ1) is 23.3. The Hall–Kier alpha value is -4.73. The van der Waals surface area contributed by atoms with E-state index in [1.165, 1.54) is 6.54 Å². The third kappa shape index (κ3) is 13.9. The minimum atomic E-state index is -0.161. The number of nitrogens with one attached hydrogen (secondary N) is 5. The van der Waals surface area contributed by atoms with Crippen LogP contribution in [0.4, 0.5) is 22.7 Å². The summed E-state index contributed by atoms with van der Waals surface area (Å²) in [4.78, 5) is 35.5. The molecule has 0 radical (unpaired) electrons. The number of nitrogens with zero attached hydrogens (tertiary/aromatic N) is 1. The molecule has 0 saturated carbocycles. The summed E-state index contributed by atoms with van der Waals surface area (Å²) in [6, 6.07) is 22.5. The van der Waals surface area contributed by atoms with Crippen molar-refractivity contribution in [1.82, 2.24) is 15.5 Å². The summed E-state index contributed by atoms with van der Waals surface area (Å²) < 4.78 is 0. The lowest BCUT2D eigenvalue weighted by atomic mass is 10.0. The zero-order chi connectivity index (χ0) is 35.9. The molecule has 0 spiro atoms. The predicted molar refractivity (Wildman–Crippen MR) is 204 cm³/mol. The topological polar surface area (TPSA) is 115 Å². The minimum absolute atomic E-state index is 0.0242. The number of anilines is 4. The van der Waals surface area contributed by atoms with Crippen LogP contribution in [0.1, 0.15) is 70.8 Å². The van der Waals surface area contributed by atoms with Crippen LogP contribution >= 0.6 is 0 Å². The Morgan fingerprint density at radius 2 is 1.56 bits per heavy atom. The maximum Gasteiger partial charge on any atom is 0.256 e. The molecule has 0 bridgehead atoms. The van der Waals surface area contributed by atoms with Crippen LogP contribution < -0.4 is 26.6 Å². The molecule has 3 aromatic rings. The van der Waals surface area contributed by atoms with Crippen molar-refractivity contribution in [2.45, 2.75) is 60.9 Å². The van der Waals surface area contributed by atoms with E-state index in [2.05, 4.69) is 58.3 Å². The van der Waals surface area contributed by atoms with Gasteiger partial charge in [-0.2, -0.15) is 0 Å². The number of allylic oxidation sites excluding steroid dienone is 2. The van der Waals surface area contributed by atoms with Gasteiger partial charge in [0.25, 0.3) is 11.8 Å². The van der Waals surface area contributed by atoms with Crippen LogP contribution in [0.3, 0.4) is 0 Å². The van der Waals surface area contributed by atoms with E-state index in [-0.39, 0.29) is 17.9 Å². The maximum absolute atomic E-state index is 12.6. The van der Waals surface area contributed by atoms with Crippen molar-refractivity contribution in [1.29, 1.82) is 0 Å². The van der Waals surface area contributed by atoms with Gasteiger partial charge in [0, 0.05) is 58.6 Å². The van der Waals surface area contributed by atoms with Gasteiger partial charge in [0.1, 0.15) is 6.79 Å². The average molecular weight is 657 g/mol. The summed E-state index contributed by atoms with van der Waals surface area (Å²) in [5.41, 5.74) is 6.38. The van der Waals surface area contributed by atoms with Crippen molar-refractivity contribution in [3.63, 3.8) is 0 Å². The van der Waals surface area contributed by atoms with Crippen molar-refractivity contribution in [3.8, 4) is 0 Å². The molecular weight excluding hydrogens is 600 g/mol. The van der Waals surface area contributed by atoms with Crippen molar-refractivity contribution in [2.24, 2.45) is 0 Å². The number of hydrogen-bond donors (Lipinski definition) is 5. The fourth-order valence-electron chi connectivity index (χ4n) is 4.90. The van der Waals surface area contributed by atoms with Crippen LogP contribution in [0.25, 0.3) is 5.57 Å². The standard InChI is InChI=1S/C29H30N4O2.C7H18N2.C2H6.CH2O/c1-4-9-19(2)30-20(3)16-26-25-15-14-24(18-27(25)33-29(26)35)31-22-12-8-13-23(17-22)32-28(34)21-10-6-5-7-11-21;1-4-9(5-2)7-6-8-3;2*1-2/h5-18,20,30-31H,4H2,1-3H3,(H,32,34)(H,33,35);8H,4-7H2,1-3H3;1-2H3;1H2/b19-9-,26-16-;;;. The highest BCUT2D eigenvalue weighted by Crippen LogP contribution is 2.35. The lowest BCUT2D eigenvalue weighted by molar-refractivity contribution is -0.110. The van der Waals surface area contributed by atoms with E-state index < -0.39 is 0 Å². The Bertz CT molecular complexity index is 1450. The number of benzene rings is 3. The van der Waals surface area contributed by atoms with Crippen molar-refractivity contribution in [3.05, 3.63) is 102 Å². The Kier molecular flexibility index (Phi) is 20.3. The van der Waals surface area contributed by atoms with Crippen LogP contribution in [0, 0.1) is 0 Å². The third-order valence-corrected chi connectivity index (χ3v) is 7.20. The number of rotatable bonds is 13. The molecule has 1 aliphatic heterocycles. The molecule has 48 heavy (non-hydrogen) atoms. The molecule has 1 heterocycles. The molecule has 1 atom stereocenters. The highest BCUT2D eigenvalue weighted by atomic mass is 16.2. The molecule has 3 aromatic carbocycles. The van der Waals surface area contributed by atoms with E-state index >= 15 is 0 Å². The highest BCUT2D eigenvalue weighted by Gasteiger charge is 2.25. The largest absolute Gasteiger partial charge is 0.383 e. The smallest absolute Gasteiger partial charge is 0.256 e. The van der Waals surface area contributed by atoms with Gasteiger partial charge in [-0.25, -0.2) is 0 Å². The van der Waals surface area contributed by atoms with Gasteiger partial charge in [0.15, 0.2) is 0 Å². The van der Waals surface area contributed by atoms with Crippen LogP contribution in [0.2, 0.25) is 0 Å². The average Bonchev–Trinajstić information content (AvgIpc) is 3.41. The molecule has 4 rings (SSSR count). The van der Waals surface area contributed by atoms with Crippen molar-refractivity contribution in [2.75, 3.05) is 49.2 Å². The maximum atomic E-state index is 12.6. The third-order valence-electron chi connectivity index (χ3n) is 7.20. The molecule has 260 valence electrons. The van der Waals surface area contributed by atoms with Crippen molar-refractivity contribution >= 4 is 46.9 Å². The van der Waals surface area contributed by atoms with Crippen molar-refractivity contribution < 1.29 is 14.4 Å². The Morgan fingerprint density at radius 1 is 0.917 bits per heavy atom. The molecule has 1 aliphatic rings. The van der Waals surface area contributed by atoms with Crippen LogP contribution in [-0.2, 0) is 9.59 Å². The SMILES string of the molecule is C=O.CC.CC/C=C(/C)NC(C)/C=C1\C(=O)Nc2cc(Nc3cccc(NC(=O)c4ccccc4)c3)ccc21.CCN(CC)CCNC. The number of hydrogen-bond acceptors (Lipinski definition) is 7. The lowest BCUT2D eigenvalue weighted by Gasteiger charge is -2.16. The molecular formula is C39H56N6O3. The summed E-state index contributed by atoms with van der Waals surface area (Å²) in [6.07, 6.45) is 5.04. The van der Waals surface area contributed by atoms with E-state index in [4.69, 9.17) is 4.79 Å². The Balaban J connectivity index is 0.000000761. The zero-order valence-corrected chi connectivity index (χ0v) is 30.1. The number of likely N-dealkylation sites (N-methyl/N-ethyl adjacent to an activating group) is 2. The second kappa shape index (κ2) is 23.6. The second-order valence-electron chi connectivity index (χ2n) is 10.7. The second-order valence-corrected chi connectivity index (χ2v) is 10.7. The summed E-state index contributed by atoms with van der Waals surface area (Å²) in [5.74, 6) is -0.264. The summed E-state index contributed by atoms with van der Waals surface area (Å²) in [7, 11) is 1.99. The molecule has 0 aliphatic carbocycles.